The van der Waals surface area contributed by atoms with Crippen molar-refractivity contribution in [2.24, 2.45) is 17.3 Å². The molecule has 0 bridgehead atoms. The van der Waals surface area contributed by atoms with Gasteiger partial charge in [0.05, 0.1) is 0 Å². The molecule has 1 aromatic rings. The van der Waals surface area contributed by atoms with Gasteiger partial charge in [0.2, 0.25) is 0 Å². The maximum atomic E-state index is 13.0. The molecule has 2 aliphatic rings. The fourth-order valence-corrected chi connectivity index (χ4v) is 4.66. The number of H-pyrrole nitrogens is 1. The second-order valence-corrected chi connectivity index (χ2v) is 9.14. The van der Waals surface area contributed by atoms with Crippen molar-refractivity contribution in [3.8, 4) is 0 Å². The maximum absolute atomic E-state index is 13.0. The molecule has 0 radical (unpaired) electrons. The monoisotopic (exact) mass is 363 g/mol. The number of likely N-dealkylation sites (tertiary alicyclic amines) is 1. The van der Waals surface area contributed by atoms with Crippen LogP contribution in [0.2, 0.25) is 0 Å². The minimum Gasteiger partial charge on any atom is -0.383 e. The van der Waals surface area contributed by atoms with Crippen molar-refractivity contribution >= 4 is 5.91 Å². The van der Waals surface area contributed by atoms with Crippen LogP contribution in [0.25, 0.3) is 0 Å². The van der Waals surface area contributed by atoms with Crippen LogP contribution < -0.4 is 0 Å². The number of hydrogen-bond donors (Lipinski definition) is 2. The lowest BCUT2D eigenvalue weighted by Crippen LogP contribution is -2.51. The first-order valence-electron chi connectivity index (χ1n) is 10.1. The molecule has 1 aliphatic heterocycles. The summed E-state index contributed by atoms with van der Waals surface area (Å²) < 4.78 is 0. The molecule has 7 heteroatoms. The third-order valence-corrected chi connectivity index (χ3v) is 6.41. The molecule has 2 N–H and O–H groups in total. The van der Waals surface area contributed by atoms with Crippen LogP contribution in [0.15, 0.2) is 0 Å². The first-order chi connectivity index (χ1) is 12.4. The summed E-state index contributed by atoms with van der Waals surface area (Å²) in [5, 5.41) is 24.9. The standard InChI is InChI=1S/C19H33N5O2/c1-19(2,3)14-9-7-13(8-10-14)17(25)18(26)24-11-5-4-6-15(24)12-16-20-22-23-21-16/h13-15,17,25H,4-12H2,1-3H3,(H,20,21,22,23). The van der Waals surface area contributed by atoms with Gasteiger partial charge in [-0.15, -0.1) is 10.2 Å². The minimum atomic E-state index is -0.873. The zero-order valence-electron chi connectivity index (χ0n) is 16.3. The Kier molecular flexibility index (Phi) is 5.95. The Balaban J connectivity index is 1.59. The summed E-state index contributed by atoms with van der Waals surface area (Å²) in [6, 6.07) is 0.0643. The predicted octanol–water partition coefficient (Wildman–Crippen LogP) is 2.34. The largest absolute Gasteiger partial charge is 0.383 e. The molecular weight excluding hydrogens is 330 g/mol. The quantitative estimate of drug-likeness (QED) is 0.856. The van der Waals surface area contributed by atoms with Gasteiger partial charge in [-0.25, -0.2) is 0 Å². The van der Waals surface area contributed by atoms with Crippen molar-refractivity contribution in [2.45, 2.75) is 84.3 Å². The molecule has 26 heavy (non-hydrogen) atoms. The lowest BCUT2D eigenvalue weighted by molar-refractivity contribution is -0.148. The summed E-state index contributed by atoms with van der Waals surface area (Å²) in [4.78, 5) is 14.9. The highest BCUT2D eigenvalue weighted by Crippen LogP contribution is 2.41. The molecule has 1 saturated carbocycles. The van der Waals surface area contributed by atoms with Crippen molar-refractivity contribution < 1.29 is 9.90 Å². The van der Waals surface area contributed by atoms with Gasteiger partial charge in [0.15, 0.2) is 5.82 Å². The van der Waals surface area contributed by atoms with Gasteiger partial charge in [-0.3, -0.25) is 4.79 Å². The van der Waals surface area contributed by atoms with Gasteiger partial charge in [-0.1, -0.05) is 26.0 Å². The van der Waals surface area contributed by atoms with Gasteiger partial charge < -0.3 is 10.0 Å². The molecule has 1 aromatic heterocycles. The first kappa shape index (κ1) is 19.3. The van der Waals surface area contributed by atoms with Crippen molar-refractivity contribution in [1.29, 1.82) is 0 Å². The normalized spacial score (nSPS) is 28.8. The third-order valence-electron chi connectivity index (χ3n) is 6.41. The number of aromatic nitrogens is 4. The van der Waals surface area contributed by atoms with Crippen LogP contribution >= 0.6 is 0 Å². The van der Waals surface area contributed by atoms with Crippen LogP contribution in [0.5, 0.6) is 0 Å². The topological polar surface area (TPSA) is 95.0 Å². The number of aliphatic hydroxyl groups is 1. The molecule has 146 valence electrons. The minimum absolute atomic E-state index is 0.0643. The Morgan fingerprint density at radius 2 is 1.96 bits per heavy atom. The molecule has 7 nitrogen and oxygen atoms in total. The molecule has 2 heterocycles. The molecule has 1 amide bonds. The maximum Gasteiger partial charge on any atom is 0.251 e. The van der Waals surface area contributed by atoms with Gasteiger partial charge in [-0.2, -0.15) is 5.21 Å². The summed E-state index contributed by atoms with van der Waals surface area (Å²) in [5.41, 5.74) is 0.308. The smallest absolute Gasteiger partial charge is 0.251 e. The summed E-state index contributed by atoms with van der Waals surface area (Å²) in [6.45, 7) is 7.58. The van der Waals surface area contributed by atoms with E-state index in [1.165, 1.54) is 0 Å². The number of aliphatic hydroxyl groups excluding tert-OH is 1. The first-order valence-corrected chi connectivity index (χ1v) is 10.1. The van der Waals surface area contributed by atoms with Crippen LogP contribution in [-0.4, -0.2) is 55.2 Å². The highest BCUT2D eigenvalue weighted by atomic mass is 16.3. The third kappa shape index (κ3) is 4.42. The number of piperidine rings is 1. The second kappa shape index (κ2) is 8.03. The van der Waals surface area contributed by atoms with Gasteiger partial charge in [0.25, 0.3) is 5.91 Å². The van der Waals surface area contributed by atoms with E-state index in [2.05, 4.69) is 41.4 Å². The van der Waals surface area contributed by atoms with Crippen LogP contribution in [0, 0.1) is 17.3 Å². The fourth-order valence-electron chi connectivity index (χ4n) is 4.66. The van der Waals surface area contributed by atoms with Gasteiger partial charge >= 0.3 is 0 Å². The number of tetrazole rings is 1. The van der Waals surface area contributed by atoms with E-state index >= 15 is 0 Å². The number of carbonyl (C=O) groups is 1. The van der Waals surface area contributed by atoms with E-state index < -0.39 is 6.10 Å². The number of hydrogen-bond acceptors (Lipinski definition) is 5. The number of aromatic amines is 1. The zero-order valence-corrected chi connectivity index (χ0v) is 16.3. The molecule has 2 atom stereocenters. The van der Waals surface area contributed by atoms with Crippen molar-refractivity contribution in [2.75, 3.05) is 6.54 Å². The predicted molar refractivity (Wildman–Crippen MR) is 98.1 cm³/mol. The van der Waals surface area contributed by atoms with Crippen LogP contribution in [-0.2, 0) is 11.2 Å². The van der Waals surface area contributed by atoms with Crippen LogP contribution in [0.1, 0.15) is 71.5 Å². The van der Waals surface area contributed by atoms with Gasteiger partial charge in [0.1, 0.15) is 6.10 Å². The highest BCUT2D eigenvalue weighted by Gasteiger charge is 2.38. The Morgan fingerprint density at radius 1 is 1.23 bits per heavy atom. The van der Waals surface area contributed by atoms with Crippen molar-refractivity contribution in [3.05, 3.63) is 5.82 Å². The van der Waals surface area contributed by atoms with Gasteiger partial charge in [-0.05, 0) is 62.2 Å². The van der Waals surface area contributed by atoms with Crippen molar-refractivity contribution in [1.82, 2.24) is 25.5 Å². The summed E-state index contributed by atoms with van der Waals surface area (Å²) in [7, 11) is 0. The zero-order chi connectivity index (χ0) is 18.7. The molecule has 2 fully saturated rings. The number of rotatable bonds is 4. The lowest BCUT2D eigenvalue weighted by atomic mass is 9.69. The van der Waals surface area contributed by atoms with E-state index in [9.17, 15) is 9.90 Å². The summed E-state index contributed by atoms with van der Waals surface area (Å²) in [6.07, 6.45) is 6.85. The fraction of sp³-hybridized carbons (Fsp3) is 0.895. The van der Waals surface area contributed by atoms with Gasteiger partial charge in [0, 0.05) is 19.0 Å². The van der Waals surface area contributed by atoms with E-state index in [4.69, 9.17) is 0 Å². The Hall–Kier alpha value is -1.50. The van der Waals surface area contributed by atoms with E-state index in [1.807, 2.05) is 4.90 Å². The average Bonchev–Trinajstić information content (AvgIpc) is 3.13. The Labute approximate surface area is 155 Å². The number of nitrogens with one attached hydrogen (secondary N) is 1. The van der Waals surface area contributed by atoms with E-state index in [-0.39, 0.29) is 17.9 Å². The molecule has 1 saturated heterocycles. The lowest BCUT2D eigenvalue weighted by Gasteiger charge is -2.41. The van der Waals surface area contributed by atoms with E-state index in [0.717, 1.165) is 51.5 Å². The molecular formula is C19H33N5O2. The molecule has 0 aromatic carbocycles. The van der Waals surface area contributed by atoms with E-state index in [0.29, 0.717) is 23.6 Å². The number of amides is 1. The SMILES string of the molecule is CC(C)(C)C1CCC(C(O)C(=O)N2CCCCC2Cc2nn[nH]n2)CC1. The average molecular weight is 364 g/mol. The molecule has 2 unspecified atom stereocenters. The summed E-state index contributed by atoms with van der Waals surface area (Å²) in [5.74, 6) is 1.31. The van der Waals surface area contributed by atoms with E-state index in [1.54, 1.807) is 0 Å². The molecule has 0 spiro atoms. The van der Waals surface area contributed by atoms with Crippen molar-refractivity contribution in [3.63, 3.8) is 0 Å². The van der Waals surface area contributed by atoms with Crippen LogP contribution in [0.3, 0.4) is 0 Å². The molecule has 3 rings (SSSR count). The van der Waals surface area contributed by atoms with Crippen LogP contribution in [0.4, 0.5) is 0 Å². The second-order valence-electron chi connectivity index (χ2n) is 9.14. The number of carbonyl (C=O) groups excluding carboxylic acids is 1. The summed E-state index contributed by atoms with van der Waals surface area (Å²) >= 11 is 0. The highest BCUT2D eigenvalue weighted by molar-refractivity contribution is 5.81. The molecule has 1 aliphatic carbocycles. The Bertz CT molecular complexity index is 575. The number of nitrogens with zero attached hydrogens (tertiary/aromatic N) is 4. The Morgan fingerprint density at radius 3 is 2.58 bits per heavy atom.